The van der Waals surface area contributed by atoms with E-state index in [0.717, 1.165) is 24.3 Å². The highest BCUT2D eigenvalue weighted by Gasteiger charge is 2.39. The van der Waals surface area contributed by atoms with Crippen LogP contribution in [0, 0.1) is 11.8 Å². The Morgan fingerprint density at radius 3 is 2.65 bits per heavy atom. The molecule has 0 aliphatic heterocycles. The number of benzene rings is 1. The first-order chi connectivity index (χ1) is 8.31. The zero-order chi connectivity index (χ0) is 11.7. The second kappa shape index (κ2) is 4.81. The van der Waals surface area contributed by atoms with Gasteiger partial charge >= 0.3 is 0 Å². The van der Waals surface area contributed by atoms with Crippen molar-refractivity contribution in [1.82, 2.24) is 5.32 Å². The van der Waals surface area contributed by atoms with Crippen molar-refractivity contribution >= 4 is 0 Å². The van der Waals surface area contributed by atoms with Gasteiger partial charge in [0.1, 0.15) is 0 Å². The first-order valence-corrected chi connectivity index (χ1v) is 7.11. The number of hydrogen-bond acceptors (Lipinski definition) is 1. The third-order valence-corrected chi connectivity index (χ3v) is 4.62. The van der Waals surface area contributed by atoms with E-state index in [1.54, 1.807) is 0 Å². The lowest BCUT2D eigenvalue weighted by Gasteiger charge is -2.27. The number of rotatable bonds is 4. The third-order valence-electron chi connectivity index (χ3n) is 4.62. The molecule has 0 spiro atoms. The molecule has 92 valence electrons. The fourth-order valence-corrected chi connectivity index (χ4v) is 3.84. The van der Waals surface area contributed by atoms with E-state index in [1.807, 2.05) is 0 Å². The van der Waals surface area contributed by atoms with Gasteiger partial charge in [-0.1, -0.05) is 36.8 Å². The molecular formula is C16H23N. The Hall–Kier alpha value is -0.820. The van der Waals surface area contributed by atoms with Gasteiger partial charge in [0.25, 0.3) is 0 Å². The summed E-state index contributed by atoms with van der Waals surface area (Å²) >= 11 is 0. The molecule has 0 aromatic heterocycles. The largest absolute Gasteiger partial charge is 0.311 e. The van der Waals surface area contributed by atoms with Gasteiger partial charge in [-0.15, -0.1) is 0 Å². The number of hydrogen-bond donors (Lipinski definition) is 1. The first kappa shape index (κ1) is 11.3. The van der Waals surface area contributed by atoms with Crippen molar-refractivity contribution in [3.05, 3.63) is 35.9 Å². The summed E-state index contributed by atoms with van der Waals surface area (Å²) in [6.07, 6.45) is 7.06. The molecule has 2 bridgehead atoms. The van der Waals surface area contributed by atoms with Crippen LogP contribution in [-0.2, 0) is 6.42 Å². The quantitative estimate of drug-likeness (QED) is 0.834. The van der Waals surface area contributed by atoms with Crippen molar-refractivity contribution in [2.75, 3.05) is 0 Å². The van der Waals surface area contributed by atoms with Crippen LogP contribution in [-0.4, -0.2) is 12.1 Å². The van der Waals surface area contributed by atoms with E-state index in [2.05, 4.69) is 42.6 Å². The molecule has 1 aromatic rings. The van der Waals surface area contributed by atoms with Gasteiger partial charge in [-0.2, -0.15) is 0 Å². The van der Waals surface area contributed by atoms with Gasteiger partial charge in [-0.3, -0.25) is 0 Å². The van der Waals surface area contributed by atoms with Crippen LogP contribution in [0.1, 0.15) is 38.2 Å². The van der Waals surface area contributed by atoms with Gasteiger partial charge < -0.3 is 5.32 Å². The molecule has 0 radical (unpaired) electrons. The Bertz CT molecular complexity index is 359. The predicted octanol–water partition coefficient (Wildman–Crippen LogP) is 3.40. The van der Waals surface area contributed by atoms with Crippen LogP contribution >= 0.6 is 0 Å². The molecule has 2 fully saturated rings. The molecule has 17 heavy (non-hydrogen) atoms. The Morgan fingerprint density at radius 2 is 2.00 bits per heavy atom. The Morgan fingerprint density at radius 1 is 1.18 bits per heavy atom. The molecule has 0 heterocycles. The first-order valence-electron chi connectivity index (χ1n) is 7.11. The molecule has 3 rings (SSSR count). The molecule has 0 saturated heterocycles. The molecule has 0 unspecified atom stereocenters. The second-order valence-electron chi connectivity index (χ2n) is 6.04. The Balaban J connectivity index is 1.52. The van der Waals surface area contributed by atoms with E-state index in [1.165, 1.54) is 31.2 Å². The van der Waals surface area contributed by atoms with Crippen molar-refractivity contribution in [2.24, 2.45) is 11.8 Å². The molecule has 2 aliphatic rings. The number of fused-ring (bicyclic) bond motifs is 2. The summed E-state index contributed by atoms with van der Waals surface area (Å²) < 4.78 is 0. The molecule has 1 nitrogen and oxygen atoms in total. The summed E-state index contributed by atoms with van der Waals surface area (Å²) in [7, 11) is 0. The molecule has 2 saturated carbocycles. The number of nitrogens with one attached hydrogen (secondary N) is 1. The van der Waals surface area contributed by atoms with Crippen LogP contribution in [0.3, 0.4) is 0 Å². The van der Waals surface area contributed by atoms with Crippen LogP contribution < -0.4 is 5.32 Å². The smallest absolute Gasteiger partial charge is 0.0101 e. The third kappa shape index (κ3) is 2.55. The molecule has 1 heteroatoms. The average Bonchev–Trinajstić information content (AvgIpc) is 2.92. The van der Waals surface area contributed by atoms with Crippen LogP contribution in [0.4, 0.5) is 0 Å². The second-order valence-corrected chi connectivity index (χ2v) is 6.04. The van der Waals surface area contributed by atoms with E-state index in [-0.39, 0.29) is 0 Å². The van der Waals surface area contributed by atoms with E-state index in [4.69, 9.17) is 0 Å². The van der Waals surface area contributed by atoms with Crippen LogP contribution in [0.5, 0.6) is 0 Å². The molecule has 1 aromatic carbocycles. The minimum Gasteiger partial charge on any atom is -0.311 e. The van der Waals surface area contributed by atoms with Crippen molar-refractivity contribution in [1.29, 1.82) is 0 Å². The molecule has 2 aliphatic carbocycles. The lowest BCUT2D eigenvalue weighted by atomic mass is 9.94. The van der Waals surface area contributed by atoms with E-state index in [9.17, 15) is 0 Å². The van der Waals surface area contributed by atoms with Gasteiger partial charge in [0.15, 0.2) is 0 Å². The lowest BCUT2D eigenvalue weighted by molar-refractivity contribution is 0.323. The van der Waals surface area contributed by atoms with E-state index >= 15 is 0 Å². The normalized spacial score (nSPS) is 32.9. The van der Waals surface area contributed by atoms with Gasteiger partial charge in [-0.05, 0) is 50.0 Å². The maximum Gasteiger partial charge on any atom is 0.0101 e. The van der Waals surface area contributed by atoms with Gasteiger partial charge in [-0.25, -0.2) is 0 Å². The van der Waals surface area contributed by atoms with Crippen molar-refractivity contribution < 1.29 is 0 Å². The molecule has 0 amide bonds. The zero-order valence-corrected chi connectivity index (χ0v) is 10.7. The summed E-state index contributed by atoms with van der Waals surface area (Å²) in [4.78, 5) is 0. The predicted molar refractivity (Wildman–Crippen MR) is 72.0 cm³/mol. The highest BCUT2D eigenvalue weighted by molar-refractivity contribution is 5.15. The highest BCUT2D eigenvalue weighted by atomic mass is 15.0. The monoisotopic (exact) mass is 229 g/mol. The van der Waals surface area contributed by atoms with Gasteiger partial charge in [0, 0.05) is 12.1 Å². The van der Waals surface area contributed by atoms with Gasteiger partial charge in [0.05, 0.1) is 0 Å². The molecular weight excluding hydrogens is 206 g/mol. The standard InChI is InChI=1S/C16H23N/c1-12(9-13-5-3-2-4-6-13)17-16-11-14-7-8-15(16)10-14/h2-6,12,14-17H,7-11H2,1H3/t12-,14-,15-,16-/m1/s1. The topological polar surface area (TPSA) is 12.0 Å². The minimum atomic E-state index is 0.613. The summed E-state index contributed by atoms with van der Waals surface area (Å²) in [5.41, 5.74) is 1.45. The Kier molecular flexibility index (Phi) is 3.19. The fourth-order valence-electron chi connectivity index (χ4n) is 3.84. The summed E-state index contributed by atoms with van der Waals surface area (Å²) in [6.45, 7) is 2.33. The summed E-state index contributed by atoms with van der Waals surface area (Å²) in [5.74, 6) is 2.03. The highest BCUT2D eigenvalue weighted by Crippen LogP contribution is 2.44. The van der Waals surface area contributed by atoms with Crippen LogP contribution in [0.15, 0.2) is 30.3 Å². The average molecular weight is 229 g/mol. The van der Waals surface area contributed by atoms with Crippen molar-refractivity contribution in [3.63, 3.8) is 0 Å². The summed E-state index contributed by atoms with van der Waals surface area (Å²) in [5, 5.41) is 3.86. The van der Waals surface area contributed by atoms with Crippen LogP contribution in [0.25, 0.3) is 0 Å². The zero-order valence-electron chi connectivity index (χ0n) is 10.7. The maximum atomic E-state index is 3.86. The Labute approximate surface area is 105 Å². The van der Waals surface area contributed by atoms with E-state index in [0.29, 0.717) is 6.04 Å². The fraction of sp³-hybridized carbons (Fsp3) is 0.625. The lowest BCUT2D eigenvalue weighted by Crippen LogP contribution is -2.40. The minimum absolute atomic E-state index is 0.613. The van der Waals surface area contributed by atoms with Gasteiger partial charge in [0.2, 0.25) is 0 Å². The SMILES string of the molecule is C[C@H](Cc1ccccc1)N[C@@H]1C[C@@H]2CC[C@@H]1C2. The molecule has 1 N–H and O–H groups in total. The van der Waals surface area contributed by atoms with E-state index < -0.39 is 0 Å². The maximum absolute atomic E-state index is 3.86. The van der Waals surface area contributed by atoms with Crippen molar-refractivity contribution in [3.8, 4) is 0 Å². The van der Waals surface area contributed by atoms with Crippen molar-refractivity contribution in [2.45, 2.75) is 51.1 Å². The summed E-state index contributed by atoms with van der Waals surface area (Å²) in [6, 6.07) is 12.3. The van der Waals surface area contributed by atoms with Crippen LogP contribution in [0.2, 0.25) is 0 Å². The molecule has 4 atom stereocenters.